The van der Waals surface area contributed by atoms with E-state index in [-0.39, 0.29) is 8.41 Å². The van der Waals surface area contributed by atoms with Crippen molar-refractivity contribution >= 4 is 14.8 Å². The Hall–Kier alpha value is -0.705. The normalized spacial score (nSPS) is 16.8. The molecule has 4 nitrogen and oxygen atoms in total. The summed E-state index contributed by atoms with van der Waals surface area (Å²) in [6.45, 7) is 0.694. The van der Waals surface area contributed by atoms with Gasteiger partial charge in [-0.3, -0.25) is 0 Å². The summed E-state index contributed by atoms with van der Waals surface area (Å²) < 4.78 is 0. The van der Waals surface area contributed by atoms with Gasteiger partial charge in [0.2, 0.25) is 0 Å². The number of hydrogen-bond donors (Lipinski definition) is 1. The third-order valence-corrected chi connectivity index (χ3v) is 0.765. The Morgan fingerprint density at radius 1 is 1.75 bits per heavy atom. The average molecular weight is 114 g/mol. The van der Waals surface area contributed by atoms with Crippen molar-refractivity contribution in [2.75, 3.05) is 13.7 Å². The van der Waals surface area contributed by atoms with Crippen LogP contribution in [-0.4, -0.2) is 38.5 Å². The molecule has 1 rings (SSSR count). The number of nitrogens with two attached hydrogens (primary N) is 1. The van der Waals surface area contributed by atoms with Gasteiger partial charge >= 0.3 is 0 Å². The molecule has 0 saturated heterocycles. The first-order valence-electron chi connectivity index (χ1n) is 2.05. The molecule has 0 amide bonds. The molecule has 0 spiro atoms. The number of rotatable bonds is 0. The largest absolute Gasteiger partial charge is 0.344 e. The van der Waals surface area contributed by atoms with Crippen LogP contribution in [-0.2, 0) is 0 Å². The van der Waals surface area contributed by atoms with Crippen LogP contribution >= 0.6 is 0 Å². The van der Waals surface area contributed by atoms with Crippen LogP contribution in [0.15, 0.2) is 5.10 Å². The molecule has 0 aromatic carbocycles. The fourth-order valence-corrected chi connectivity index (χ4v) is 0.456. The van der Waals surface area contributed by atoms with Crippen molar-refractivity contribution in [1.29, 1.82) is 0 Å². The van der Waals surface area contributed by atoms with Crippen molar-refractivity contribution in [3.05, 3.63) is 0 Å². The van der Waals surface area contributed by atoms with Gasteiger partial charge in [0.1, 0.15) is 13.0 Å². The molecule has 46 valence electrons. The third kappa shape index (κ3) is 1.42. The van der Waals surface area contributed by atoms with E-state index in [4.69, 9.17) is 5.84 Å². The molecule has 0 saturated carbocycles. The van der Waals surface area contributed by atoms with Crippen LogP contribution < -0.4 is 5.84 Å². The molecule has 0 radical (unpaired) electrons. The number of hydrogen-bond acceptors (Lipinski definition) is 4. The molecule has 0 bridgehead atoms. The number of nitrogens with zero attached hydrogens (tertiary/aromatic N) is 3. The molecule has 0 unspecified atom stereocenters. The predicted octanol–water partition coefficient (Wildman–Crippen LogP) is -2.18. The first-order chi connectivity index (χ1) is 3.29. The summed E-state index contributed by atoms with van der Waals surface area (Å²) in [5.41, 5.74) is 0. The Bertz CT molecular complexity index is 83.3. The van der Waals surface area contributed by atoms with Crippen molar-refractivity contribution in [2.24, 2.45) is 10.9 Å². The smallest absolute Gasteiger partial charge is 0.124 e. The average Bonchev–Trinajstić information content (AvgIpc) is 1.87. The minimum atomic E-state index is 0. The lowest BCUT2D eigenvalue weighted by Crippen LogP contribution is -2.28. The van der Waals surface area contributed by atoms with E-state index >= 15 is 0 Å². The van der Waals surface area contributed by atoms with E-state index in [1.165, 1.54) is 5.12 Å². The van der Waals surface area contributed by atoms with Crippen LogP contribution in [0.4, 0.5) is 0 Å². The van der Waals surface area contributed by atoms with Gasteiger partial charge in [-0.25, -0.2) is 11.0 Å². The highest BCUT2D eigenvalue weighted by Crippen LogP contribution is 1.89. The quantitative estimate of drug-likeness (QED) is 0.287. The van der Waals surface area contributed by atoms with Crippen LogP contribution in [0, 0.1) is 0 Å². The highest BCUT2D eigenvalue weighted by molar-refractivity contribution is 5.75. The summed E-state index contributed by atoms with van der Waals surface area (Å²) in [7, 11) is 1.91. The molecule has 0 fully saturated rings. The standard InChI is InChI=1S/C3H8N4.BH3/c1-6-2-5-7(4)3-6;/h2H,3-4H2,1H3;1H3. The van der Waals surface area contributed by atoms with Gasteiger partial charge in [-0.15, -0.1) is 0 Å². The second kappa shape index (κ2) is 2.56. The maximum atomic E-state index is 5.22. The van der Waals surface area contributed by atoms with Crippen molar-refractivity contribution in [3.8, 4) is 0 Å². The summed E-state index contributed by atoms with van der Waals surface area (Å²) in [6.07, 6.45) is 1.68. The highest BCUT2D eigenvalue weighted by atomic mass is 15.7. The zero-order chi connectivity index (χ0) is 5.28. The molecule has 0 aromatic rings. The molecule has 1 aliphatic heterocycles. The summed E-state index contributed by atoms with van der Waals surface area (Å²) in [5.74, 6) is 5.22. The van der Waals surface area contributed by atoms with E-state index in [2.05, 4.69) is 5.10 Å². The first-order valence-corrected chi connectivity index (χ1v) is 2.05. The van der Waals surface area contributed by atoms with Crippen LogP contribution in [0.25, 0.3) is 0 Å². The SMILES string of the molecule is B.CN1C=NN(N)C1. The summed E-state index contributed by atoms with van der Waals surface area (Å²) in [5, 5.41) is 5.10. The lowest BCUT2D eigenvalue weighted by molar-refractivity contribution is 0.260. The van der Waals surface area contributed by atoms with Crippen molar-refractivity contribution in [3.63, 3.8) is 0 Å². The Labute approximate surface area is 50.5 Å². The Balaban J connectivity index is 0.000000490. The maximum absolute atomic E-state index is 5.22. The second-order valence-corrected chi connectivity index (χ2v) is 1.57. The fourth-order valence-electron chi connectivity index (χ4n) is 0.456. The summed E-state index contributed by atoms with van der Waals surface area (Å²) in [6, 6.07) is 0. The van der Waals surface area contributed by atoms with Crippen molar-refractivity contribution in [2.45, 2.75) is 0 Å². The number of hydrazone groups is 1. The molecule has 5 heteroatoms. The zero-order valence-corrected chi connectivity index (χ0v) is 4.20. The van der Waals surface area contributed by atoms with Gasteiger partial charge < -0.3 is 4.90 Å². The Morgan fingerprint density at radius 3 is 2.50 bits per heavy atom. The van der Waals surface area contributed by atoms with Crippen LogP contribution in [0.2, 0.25) is 0 Å². The fraction of sp³-hybridized carbons (Fsp3) is 0.667. The van der Waals surface area contributed by atoms with E-state index in [9.17, 15) is 0 Å². The van der Waals surface area contributed by atoms with Crippen LogP contribution in [0.1, 0.15) is 0 Å². The van der Waals surface area contributed by atoms with E-state index in [0.29, 0.717) is 6.67 Å². The Kier molecular flexibility index (Phi) is 2.34. The van der Waals surface area contributed by atoms with Gasteiger partial charge in [-0.2, -0.15) is 5.10 Å². The molecular weight excluding hydrogens is 103 g/mol. The van der Waals surface area contributed by atoms with Crippen molar-refractivity contribution in [1.82, 2.24) is 10.0 Å². The van der Waals surface area contributed by atoms with Gasteiger partial charge in [0.25, 0.3) is 0 Å². The van der Waals surface area contributed by atoms with Crippen LogP contribution in [0.5, 0.6) is 0 Å². The van der Waals surface area contributed by atoms with Crippen molar-refractivity contribution < 1.29 is 0 Å². The summed E-state index contributed by atoms with van der Waals surface area (Å²) >= 11 is 0. The molecule has 8 heavy (non-hydrogen) atoms. The van der Waals surface area contributed by atoms with E-state index in [1.807, 2.05) is 11.9 Å². The van der Waals surface area contributed by atoms with Crippen LogP contribution in [0.3, 0.4) is 0 Å². The van der Waals surface area contributed by atoms with Gasteiger partial charge in [0, 0.05) is 7.05 Å². The minimum Gasteiger partial charge on any atom is -0.344 e. The minimum absolute atomic E-state index is 0. The van der Waals surface area contributed by atoms with E-state index < -0.39 is 0 Å². The topological polar surface area (TPSA) is 44.9 Å². The van der Waals surface area contributed by atoms with Gasteiger partial charge in [0.05, 0.1) is 8.41 Å². The Morgan fingerprint density at radius 2 is 2.38 bits per heavy atom. The molecule has 0 aliphatic carbocycles. The molecule has 0 atom stereocenters. The third-order valence-electron chi connectivity index (χ3n) is 0.765. The highest BCUT2D eigenvalue weighted by Gasteiger charge is 2.02. The maximum Gasteiger partial charge on any atom is 0.124 e. The van der Waals surface area contributed by atoms with E-state index in [0.717, 1.165) is 0 Å². The van der Waals surface area contributed by atoms with E-state index in [1.54, 1.807) is 6.34 Å². The zero-order valence-electron chi connectivity index (χ0n) is 4.20. The van der Waals surface area contributed by atoms with Gasteiger partial charge in [0.15, 0.2) is 0 Å². The number of hydrazine groups is 1. The molecular formula is C3H11BN4. The lowest BCUT2D eigenvalue weighted by atomic mass is 10.8. The molecule has 1 heterocycles. The molecule has 0 aromatic heterocycles. The predicted molar refractivity (Wildman–Crippen MR) is 37.1 cm³/mol. The first kappa shape index (κ1) is 7.29. The lowest BCUT2D eigenvalue weighted by Gasteiger charge is -2.07. The second-order valence-electron chi connectivity index (χ2n) is 1.57. The summed E-state index contributed by atoms with van der Waals surface area (Å²) in [4.78, 5) is 1.89. The molecule has 2 N–H and O–H groups in total. The van der Waals surface area contributed by atoms with Gasteiger partial charge in [-0.05, 0) is 0 Å². The van der Waals surface area contributed by atoms with Gasteiger partial charge in [-0.1, -0.05) is 0 Å². The molecule has 1 aliphatic rings. The monoisotopic (exact) mass is 114 g/mol.